The first-order valence-corrected chi connectivity index (χ1v) is 3.66. The normalized spacial score (nSPS) is 32.3. The molecular formula is C7H13NO3. The Bertz CT molecular complexity index is 171. The van der Waals surface area contributed by atoms with E-state index in [1.807, 2.05) is 0 Å². The minimum absolute atomic E-state index is 0.363. The lowest BCUT2D eigenvalue weighted by molar-refractivity contribution is -0.183. The number of methoxy groups -OCH3 is 1. The van der Waals surface area contributed by atoms with Crippen molar-refractivity contribution in [3.8, 4) is 0 Å². The molecule has 0 spiro atoms. The Morgan fingerprint density at radius 3 is 2.73 bits per heavy atom. The molecule has 0 amide bonds. The molecule has 0 aromatic carbocycles. The summed E-state index contributed by atoms with van der Waals surface area (Å²) in [4.78, 5) is 11.1. The van der Waals surface area contributed by atoms with E-state index in [0.29, 0.717) is 13.0 Å². The second-order valence-electron chi connectivity index (χ2n) is 2.99. The molecule has 64 valence electrons. The number of hydroxylamine groups is 2. The van der Waals surface area contributed by atoms with Gasteiger partial charge in [0.1, 0.15) is 5.54 Å². The molecule has 0 saturated carbocycles. The molecule has 0 bridgehead atoms. The van der Waals surface area contributed by atoms with E-state index in [0.717, 1.165) is 11.5 Å². The third kappa shape index (κ3) is 1.23. The number of esters is 1. The maximum absolute atomic E-state index is 11.1. The Balaban J connectivity index is 2.72. The van der Waals surface area contributed by atoms with Crippen LogP contribution in [0, 0.1) is 0 Å². The van der Waals surface area contributed by atoms with Crippen molar-refractivity contribution < 1.29 is 14.7 Å². The van der Waals surface area contributed by atoms with Crippen LogP contribution in [0.15, 0.2) is 0 Å². The van der Waals surface area contributed by atoms with Gasteiger partial charge in [-0.25, -0.2) is 4.79 Å². The Hall–Kier alpha value is -0.610. The topological polar surface area (TPSA) is 49.8 Å². The van der Waals surface area contributed by atoms with Gasteiger partial charge in [-0.15, -0.1) is 0 Å². The molecule has 4 heteroatoms. The molecule has 1 rings (SSSR count). The van der Waals surface area contributed by atoms with Crippen LogP contribution in [0.25, 0.3) is 0 Å². The van der Waals surface area contributed by atoms with Crippen molar-refractivity contribution in [3.05, 3.63) is 0 Å². The first-order chi connectivity index (χ1) is 5.11. The smallest absolute Gasteiger partial charge is 0.328 e. The molecule has 4 nitrogen and oxygen atoms in total. The second-order valence-corrected chi connectivity index (χ2v) is 2.99. The first-order valence-electron chi connectivity index (χ1n) is 3.66. The van der Waals surface area contributed by atoms with Crippen molar-refractivity contribution in [2.24, 2.45) is 0 Å². The molecule has 1 saturated heterocycles. The molecular weight excluding hydrogens is 146 g/mol. The van der Waals surface area contributed by atoms with E-state index in [1.165, 1.54) is 7.11 Å². The molecule has 1 heterocycles. The van der Waals surface area contributed by atoms with Crippen LogP contribution < -0.4 is 0 Å². The van der Waals surface area contributed by atoms with Gasteiger partial charge in [0, 0.05) is 6.54 Å². The van der Waals surface area contributed by atoms with Crippen molar-refractivity contribution in [1.29, 1.82) is 0 Å². The van der Waals surface area contributed by atoms with Crippen LogP contribution in [0.2, 0.25) is 0 Å². The summed E-state index contributed by atoms with van der Waals surface area (Å²) in [6.07, 6.45) is 1.50. The van der Waals surface area contributed by atoms with E-state index < -0.39 is 5.54 Å². The highest BCUT2D eigenvalue weighted by molar-refractivity contribution is 5.80. The van der Waals surface area contributed by atoms with Crippen LogP contribution in [-0.4, -0.2) is 35.4 Å². The third-order valence-electron chi connectivity index (χ3n) is 2.23. The molecule has 0 aliphatic carbocycles. The maximum atomic E-state index is 11.1. The van der Waals surface area contributed by atoms with Gasteiger partial charge in [0.25, 0.3) is 0 Å². The quantitative estimate of drug-likeness (QED) is 0.563. The Kier molecular flexibility index (Phi) is 2.15. The fourth-order valence-electron chi connectivity index (χ4n) is 1.38. The molecule has 0 radical (unpaired) electrons. The molecule has 0 aromatic rings. The van der Waals surface area contributed by atoms with E-state index in [-0.39, 0.29) is 5.97 Å². The number of carbonyl (C=O) groups is 1. The zero-order chi connectivity index (χ0) is 8.48. The van der Waals surface area contributed by atoms with Gasteiger partial charge in [-0.3, -0.25) is 0 Å². The Morgan fingerprint density at radius 2 is 2.36 bits per heavy atom. The van der Waals surface area contributed by atoms with E-state index in [9.17, 15) is 10.0 Å². The van der Waals surface area contributed by atoms with Crippen LogP contribution in [-0.2, 0) is 9.53 Å². The molecule has 1 aliphatic rings. The van der Waals surface area contributed by atoms with Crippen molar-refractivity contribution in [1.82, 2.24) is 5.06 Å². The minimum atomic E-state index is -0.811. The predicted molar refractivity (Wildman–Crippen MR) is 38.1 cm³/mol. The highest BCUT2D eigenvalue weighted by atomic mass is 16.5. The van der Waals surface area contributed by atoms with Crippen LogP contribution in [0.3, 0.4) is 0 Å². The van der Waals surface area contributed by atoms with E-state index in [4.69, 9.17) is 0 Å². The Morgan fingerprint density at radius 1 is 1.73 bits per heavy atom. The fraction of sp³-hybridized carbons (Fsp3) is 0.857. The number of carbonyl (C=O) groups excluding carboxylic acids is 1. The van der Waals surface area contributed by atoms with Gasteiger partial charge in [-0.1, -0.05) is 0 Å². The van der Waals surface area contributed by atoms with Crippen LogP contribution in [0.5, 0.6) is 0 Å². The number of hydrogen-bond donors (Lipinski definition) is 1. The van der Waals surface area contributed by atoms with E-state index >= 15 is 0 Å². The van der Waals surface area contributed by atoms with Gasteiger partial charge in [-0.05, 0) is 19.8 Å². The fourth-order valence-corrected chi connectivity index (χ4v) is 1.38. The minimum Gasteiger partial charge on any atom is -0.468 e. The standard InChI is InChI=1S/C7H13NO3/c1-7(6(9)11-2)4-3-5-8(7)10/h10H,3-5H2,1-2H3/t7-/m0/s1. The number of hydrogen-bond acceptors (Lipinski definition) is 4. The largest absolute Gasteiger partial charge is 0.468 e. The zero-order valence-electron chi connectivity index (χ0n) is 6.83. The number of rotatable bonds is 1. The molecule has 0 aromatic heterocycles. The van der Waals surface area contributed by atoms with Gasteiger partial charge >= 0.3 is 5.97 Å². The zero-order valence-corrected chi connectivity index (χ0v) is 6.83. The second kappa shape index (κ2) is 2.79. The number of ether oxygens (including phenoxy) is 1. The molecule has 0 unspecified atom stereocenters. The summed E-state index contributed by atoms with van der Waals surface area (Å²) >= 11 is 0. The van der Waals surface area contributed by atoms with Gasteiger partial charge in [0.15, 0.2) is 0 Å². The van der Waals surface area contributed by atoms with Crippen molar-refractivity contribution in [3.63, 3.8) is 0 Å². The van der Waals surface area contributed by atoms with Gasteiger partial charge in [-0.2, -0.15) is 5.06 Å². The average Bonchev–Trinajstić information content (AvgIpc) is 2.32. The van der Waals surface area contributed by atoms with Gasteiger partial charge < -0.3 is 9.94 Å². The summed E-state index contributed by atoms with van der Waals surface area (Å²) in [5.41, 5.74) is -0.811. The van der Waals surface area contributed by atoms with Crippen LogP contribution in [0.1, 0.15) is 19.8 Å². The highest BCUT2D eigenvalue weighted by Gasteiger charge is 2.43. The lowest BCUT2D eigenvalue weighted by Crippen LogP contribution is -2.46. The summed E-state index contributed by atoms with van der Waals surface area (Å²) in [5, 5.41) is 10.3. The van der Waals surface area contributed by atoms with Crippen molar-refractivity contribution >= 4 is 5.97 Å². The number of nitrogens with zero attached hydrogens (tertiary/aromatic N) is 1. The van der Waals surface area contributed by atoms with Crippen molar-refractivity contribution in [2.75, 3.05) is 13.7 Å². The summed E-state index contributed by atoms with van der Waals surface area (Å²) in [6, 6.07) is 0. The van der Waals surface area contributed by atoms with Crippen LogP contribution in [0.4, 0.5) is 0 Å². The monoisotopic (exact) mass is 159 g/mol. The molecule has 1 aliphatic heterocycles. The predicted octanol–water partition coefficient (Wildman–Crippen LogP) is 0.403. The lowest BCUT2D eigenvalue weighted by Gasteiger charge is -2.26. The van der Waals surface area contributed by atoms with Crippen molar-refractivity contribution in [2.45, 2.75) is 25.3 Å². The molecule has 11 heavy (non-hydrogen) atoms. The summed E-state index contributed by atoms with van der Waals surface area (Å²) < 4.78 is 4.57. The maximum Gasteiger partial charge on any atom is 0.328 e. The highest BCUT2D eigenvalue weighted by Crippen LogP contribution is 2.27. The summed E-state index contributed by atoms with van der Waals surface area (Å²) in [6.45, 7) is 2.23. The SMILES string of the molecule is COC(=O)[C@]1(C)CCCN1O. The lowest BCUT2D eigenvalue weighted by atomic mass is 10.0. The average molecular weight is 159 g/mol. The molecule has 1 fully saturated rings. The summed E-state index contributed by atoms with van der Waals surface area (Å²) in [7, 11) is 1.33. The molecule has 1 atom stereocenters. The Labute approximate surface area is 65.7 Å². The van der Waals surface area contributed by atoms with Crippen LogP contribution >= 0.6 is 0 Å². The van der Waals surface area contributed by atoms with E-state index in [2.05, 4.69) is 4.74 Å². The molecule has 1 N–H and O–H groups in total. The van der Waals surface area contributed by atoms with Gasteiger partial charge in [0.2, 0.25) is 0 Å². The van der Waals surface area contributed by atoms with E-state index in [1.54, 1.807) is 6.92 Å². The summed E-state index contributed by atoms with van der Waals surface area (Å²) in [5.74, 6) is -0.363. The first kappa shape index (κ1) is 8.49. The third-order valence-corrected chi connectivity index (χ3v) is 2.23. The van der Waals surface area contributed by atoms with Gasteiger partial charge in [0.05, 0.1) is 7.11 Å².